The summed E-state index contributed by atoms with van der Waals surface area (Å²) in [6.07, 6.45) is 6.50. The SMILES string of the molecule is CC(C)Oc1ccccc1N1CCN(C2CCC(N3Cc4ncccc4C3=O)CC2)CC1. The highest BCUT2D eigenvalue weighted by Crippen LogP contribution is 2.34. The lowest BCUT2D eigenvalue weighted by Crippen LogP contribution is -2.52. The zero-order valence-electron chi connectivity index (χ0n) is 19.2. The molecule has 1 amide bonds. The van der Waals surface area contributed by atoms with Crippen molar-refractivity contribution in [1.29, 1.82) is 0 Å². The van der Waals surface area contributed by atoms with Crippen LogP contribution in [0.2, 0.25) is 0 Å². The van der Waals surface area contributed by atoms with E-state index in [1.807, 2.05) is 12.1 Å². The summed E-state index contributed by atoms with van der Waals surface area (Å²) in [5.41, 5.74) is 2.95. The molecule has 32 heavy (non-hydrogen) atoms. The predicted octanol–water partition coefficient (Wildman–Crippen LogP) is 3.96. The lowest BCUT2D eigenvalue weighted by atomic mass is 9.89. The molecule has 0 atom stereocenters. The average Bonchev–Trinajstić information content (AvgIpc) is 3.16. The average molecular weight is 435 g/mol. The van der Waals surface area contributed by atoms with E-state index in [2.05, 4.69) is 57.8 Å². The second-order valence-corrected chi connectivity index (χ2v) is 9.55. The van der Waals surface area contributed by atoms with Crippen molar-refractivity contribution in [3.8, 4) is 5.75 Å². The molecule has 1 saturated carbocycles. The summed E-state index contributed by atoms with van der Waals surface area (Å²) in [6.45, 7) is 9.08. The van der Waals surface area contributed by atoms with Crippen LogP contribution < -0.4 is 9.64 Å². The molecule has 5 rings (SSSR count). The van der Waals surface area contributed by atoms with E-state index in [0.29, 0.717) is 18.6 Å². The van der Waals surface area contributed by atoms with E-state index in [-0.39, 0.29) is 12.0 Å². The number of para-hydroxylation sites is 2. The maximum Gasteiger partial charge on any atom is 0.256 e. The Morgan fingerprint density at radius 3 is 2.38 bits per heavy atom. The molecule has 0 spiro atoms. The van der Waals surface area contributed by atoms with E-state index in [1.54, 1.807) is 6.20 Å². The van der Waals surface area contributed by atoms with Crippen molar-refractivity contribution in [2.75, 3.05) is 31.1 Å². The Hall–Kier alpha value is -2.60. The number of anilines is 1. The molecule has 2 fully saturated rings. The lowest BCUT2D eigenvalue weighted by molar-refractivity contribution is 0.0575. The molecular formula is C26H34N4O2. The molecule has 3 aliphatic rings. The minimum atomic E-state index is 0.174. The molecule has 6 heteroatoms. The number of ether oxygens (including phenoxy) is 1. The van der Waals surface area contributed by atoms with E-state index in [4.69, 9.17) is 4.74 Å². The Morgan fingerprint density at radius 2 is 1.66 bits per heavy atom. The van der Waals surface area contributed by atoms with Crippen molar-refractivity contribution in [2.24, 2.45) is 0 Å². The molecule has 1 aromatic carbocycles. The first kappa shape index (κ1) is 21.3. The molecule has 0 unspecified atom stereocenters. The third-order valence-corrected chi connectivity index (χ3v) is 7.21. The van der Waals surface area contributed by atoms with Gasteiger partial charge in [-0.15, -0.1) is 0 Å². The number of fused-ring (bicyclic) bond motifs is 1. The van der Waals surface area contributed by atoms with Crippen LogP contribution in [0.15, 0.2) is 42.6 Å². The number of pyridine rings is 1. The number of nitrogens with zero attached hydrogens (tertiary/aromatic N) is 4. The first-order valence-electron chi connectivity index (χ1n) is 12.1. The van der Waals surface area contributed by atoms with Crippen LogP contribution in [0, 0.1) is 0 Å². The molecule has 0 radical (unpaired) electrons. The largest absolute Gasteiger partial charge is 0.489 e. The zero-order valence-corrected chi connectivity index (χ0v) is 19.2. The third-order valence-electron chi connectivity index (χ3n) is 7.21. The van der Waals surface area contributed by atoms with Crippen LogP contribution in [0.5, 0.6) is 5.75 Å². The van der Waals surface area contributed by atoms with Crippen LogP contribution in [0.4, 0.5) is 5.69 Å². The van der Waals surface area contributed by atoms with Gasteiger partial charge in [0.05, 0.1) is 29.6 Å². The smallest absolute Gasteiger partial charge is 0.256 e. The summed E-state index contributed by atoms with van der Waals surface area (Å²) in [4.78, 5) is 24.4. The monoisotopic (exact) mass is 434 g/mol. The number of aromatic nitrogens is 1. The molecule has 2 aromatic rings. The number of hydrogen-bond donors (Lipinski definition) is 0. The molecule has 2 aliphatic heterocycles. The fourth-order valence-corrected chi connectivity index (χ4v) is 5.58. The molecule has 1 aromatic heterocycles. The van der Waals surface area contributed by atoms with Gasteiger partial charge in [0, 0.05) is 44.5 Å². The van der Waals surface area contributed by atoms with Crippen LogP contribution in [0.25, 0.3) is 0 Å². The summed E-state index contributed by atoms with van der Waals surface area (Å²) >= 11 is 0. The van der Waals surface area contributed by atoms with Crippen molar-refractivity contribution >= 4 is 11.6 Å². The molecule has 170 valence electrons. The first-order chi connectivity index (χ1) is 15.6. The fraction of sp³-hybridized carbons (Fsp3) is 0.538. The van der Waals surface area contributed by atoms with Crippen LogP contribution >= 0.6 is 0 Å². The fourth-order valence-electron chi connectivity index (χ4n) is 5.58. The molecule has 0 N–H and O–H groups in total. The number of carbonyl (C=O) groups excluding carboxylic acids is 1. The number of hydrogen-bond acceptors (Lipinski definition) is 5. The summed E-state index contributed by atoms with van der Waals surface area (Å²) < 4.78 is 6.04. The highest BCUT2D eigenvalue weighted by atomic mass is 16.5. The molecule has 1 aliphatic carbocycles. The van der Waals surface area contributed by atoms with Gasteiger partial charge in [-0.2, -0.15) is 0 Å². The Balaban J connectivity index is 1.14. The van der Waals surface area contributed by atoms with E-state index in [0.717, 1.165) is 56.0 Å². The normalized spacial score (nSPS) is 24.2. The van der Waals surface area contributed by atoms with Crippen molar-refractivity contribution in [2.45, 2.75) is 64.3 Å². The van der Waals surface area contributed by atoms with Gasteiger partial charge in [0.2, 0.25) is 0 Å². The quantitative estimate of drug-likeness (QED) is 0.713. The summed E-state index contributed by atoms with van der Waals surface area (Å²) in [7, 11) is 0. The third kappa shape index (κ3) is 4.20. The highest BCUT2D eigenvalue weighted by molar-refractivity contribution is 5.97. The van der Waals surface area contributed by atoms with E-state index < -0.39 is 0 Å². The van der Waals surface area contributed by atoms with Gasteiger partial charge in [0.25, 0.3) is 5.91 Å². The molecule has 6 nitrogen and oxygen atoms in total. The van der Waals surface area contributed by atoms with Crippen LogP contribution in [-0.2, 0) is 6.54 Å². The van der Waals surface area contributed by atoms with Gasteiger partial charge < -0.3 is 14.5 Å². The van der Waals surface area contributed by atoms with Crippen molar-refractivity contribution in [1.82, 2.24) is 14.8 Å². The van der Waals surface area contributed by atoms with Crippen LogP contribution in [0.3, 0.4) is 0 Å². The Bertz CT molecular complexity index is 946. The summed E-state index contributed by atoms with van der Waals surface area (Å²) in [5.74, 6) is 1.16. The predicted molar refractivity (Wildman–Crippen MR) is 126 cm³/mol. The standard InChI is InChI=1S/C26H34N4O2/c1-19(2)32-25-8-4-3-7-24(25)29-16-14-28(15-17-29)20-9-11-21(12-10-20)30-18-23-22(26(30)31)6-5-13-27-23/h3-8,13,19-21H,9-12,14-18H2,1-2H3. The first-order valence-corrected chi connectivity index (χ1v) is 12.1. The number of rotatable bonds is 5. The van der Waals surface area contributed by atoms with Gasteiger partial charge in [0.15, 0.2) is 0 Å². The van der Waals surface area contributed by atoms with Gasteiger partial charge in [-0.05, 0) is 63.8 Å². The van der Waals surface area contributed by atoms with Crippen molar-refractivity contribution < 1.29 is 9.53 Å². The number of benzene rings is 1. The van der Waals surface area contributed by atoms with Gasteiger partial charge in [-0.25, -0.2) is 0 Å². The van der Waals surface area contributed by atoms with E-state index >= 15 is 0 Å². The lowest BCUT2D eigenvalue weighted by Gasteiger charge is -2.44. The van der Waals surface area contributed by atoms with Gasteiger partial charge >= 0.3 is 0 Å². The Morgan fingerprint density at radius 1 is 0.938 bits per heavy atom. The minimum absolute atomic E-state index is 0.174. The second kappa shape index (κ2) is 9.10. The Kier molecular flexibility index (Phi) is 6.05. The van der Waals surface area contributed by atoms with Crippen LogP contribution in [-0.4, -0.2) is 65.1 Å². The number of amides is 1. The second-order valence-electron chi connectivity index (χ2n) is 9.55. The topological polar surface area (TPSA) is 48.9 Å². The Labute approximate surface area is 191 Å². The van der Waals surface area contributed by atoms with Gasteiger partial charge in [-0.1, -0.05) is 12.1 Å². The molecular weight excluding hydrogens is 400 g/mol. The van der Waals surface area contributed by atoms with Gasteiger partial charge in [0.1, 0.15) is 5.75 Å². The number of piperazine rings is 1. The molecule has 3 heterocycles. The van der Waals surface area contributed by atoms with Crippen LogP contribution in [0.1, 0.15) is 55.6 Å². The highest BCUT2D eigenvalue weighted by Gasteiger charge is 2.37. The van der Waals surface area contributed by atoms with Crippen molar-refractivity contribution in [3.63, 3.8) is 0 Å². The van der Waals surface area contributed by atoms with Gasteiger partial charge in [-0.3, -0.25) is 14.7 Å². The molecule has 0 bridgehead atoms. The zero-order chi connectivity index (χ0) is 22.1. The molecule has 1 saturated heterocycles. The van der Waals surface area contributed by atoms with E-state index in [9.17, 15) is 4.79 Å². The summed E-state index contributed by atoms with van der Waals surface area (Å²) in [6, 6.07) is 13.2. The van der Waals surface area contributed by atoms with Crippen molar-refractivity contribution in [3.05, 3.63) is 53.9 Å². The maximum absolute atomic E-state index is 12.8. The summed E-state index contributed by atoms with van der Waals surface area (Å²) in [5, 5.41) is 0. The maximum atomic E-state index is 12.8. The minimum Gasteiger partial charge on any atom is -0.489 e. The number of carbonyl (C=O) groups is 1. The van der Waals surface area contributed by atoms with E-state index in [1.165, 1.54) is 18.5 Å².